The number of ketones is 1. The predicted molar refractivity (Wildman–Crippen MR) is 64.5 cm³/mol. The van der Waals surface area contributed by atoms with Gasteiger partial charge in [-0.1, -0.05) is 26.2 Å². The molecule has 2 aliphatic carbocycles. The molecule has 0 spiro atoms. The first-order valence-corrected chi connectivity index (χ1v) is 6.75. The van der Waals surface area contributed by atoms with Crippen molar-refractivity contribution >= 4 is 11.8 Å². The maximum atomic E-state index is 11.7. The molecule has 96 valence electrons. The molecule has 0 bridgehead atoms. The first-order valence-electron chi connectivity index (χ1n) is 6.75. The molecular weight excluding hydrogens is 216 g/mol. The largest absolute Gasteiger partial charge is 0.481 e. The minimum Gasteiger partial charge on any atom is -0.481 e. The lowest BCUT2D eigenvalue weighted by molar-refractivity contribution is -0.153. The van der Waals surface area contributed by atoms with E-state index in [4.69, 9.17) is 0 Å². The van der Waals surface area contributed by atoms with Gasteiger partial charge in [-0.05, 0) is 37.5 Å². The lowest BCUT2D eigenvalue weighted by atomic mass is 9.57. The number of rotatable bonds is 2. The summed E-state index contributed by atoms with van der Waals surface area (Å²) in [5.74, 6) is -0.0555. The Bertz CT molecular complexity index is 323. The minimum atomic E-state index is -0.777. The van der Waals surface area contributed by atoms with Crippen LogP contribution in [0, 0.1) is 29.6 Å². The van der Waals surface area contributed by atoms with Crippen LogP contribution >= 0.6 is 0 Å². The van der Waals surface area contributed by atoms with E-state index in [0.29, 0.717) is 18.3 Å². The Labute approximate surface area is 103 Å². The SMILES string of the molecule is CC(=O)C1C(C(=O)O)CC2CCCCC2C1C. The monoisotopic (exact) mass is 238 g/mol. The van der Waals surface area contributed by atoms with Crippen molar-refractivity contribution in [2.24, 2.45) is 29.6 Å². The molecule has 2 fully saturated rings. The molecular formula is C14H22O3. The third kappa shape index (κ3) is 2.24. The van der Waals surface area contributed by atoms with Gasteiger partial charge >= 0.3 is 5.97 Å². The highest BCUT2D eigenvalue weighted by Gasteiger charge is 2.47. The van der Waals surface area contributed by atoms with E-state index in [1.165, 1.54) is 19.3 Å². The number of carboxylic acids is 1. The maximum Gasteiger partial charge on any atom is 0.307 e. The Hall–Kier alpha value is -0.860. The molecule has 0 aromatic rings. The molecule has 2 aliphatic rings. The van der Waals surface area contributed by atoms with Crippen molar-refractivity contribution in [1.29, 1.82) is 0 Å². The first-order chi connectivity index (χ1) is 8.02. The molecule has 17 heavy (non-hydrogen) atoms. The Morgan fingerprint density at radius 3 is 2.41 bits per heavy atom. The molecule has 5 unspecified atom stereocenters. The molecule has 1 N–H and O–H groups in total. The van der Waals surface area contributed by atoms with Crippen molar-refractivity contribution in [2.45, 2.75) is 46.0 Å². The van der Waals surface area contributed by atoms with Crippen molar-refractivity contribution in [1.82, 2.24) is 0 Å². The van der Waals surface area contributed by atoms with Crippen LogP contribution in [0.15, 0.2) is 0 Å². The zero-order chi connectivity index (χ0) is 12.6. The van der Waals surface area contributed by atoms with Crippen molar-refractivity contribution < 1.29 is 14.7 Å². The third-order valence-electron chi connectivity index (χ3n) is 4.99. The van der Waals surface area contributed by atoms with Crippen LogP contribution in [0.1, 0.15) is 46.0 Å². The van der Waals surface area contributed by atoms with Gasteiger partial charge in [-0.3, -0.25) is 9.59 Å². The van der Waals surface area contributed by atoms with Gasteiger partial charge < -0.3 is 5.11 Å². The molecule has 0 amide bonds. The van der Waals surface area contributed by atoms with E-state index in [-0.39, 0.29) is 17.6 Å². The van der Waals surface area contributed by atoms with Crippen LogP contribution in [-0.2, 0) is 9.59 Å². The molecule has 0 aromatic carbocycles. The van der Waals surface area contributed by atoms with Gasteiger partial charge in [0.05, 0.1) is 5.92 Å². The summed E-state index contributed by atoms with van der Waals surface area (Å²) in [4.78, 5) is 23.1. The predicted octanol–water partition coefficient (Wildman–Crippen LogP) is 2.74. The lowest BCUT2D eigenvalue weighted by Crippen LogP contribution is -2.45. The normalized spacial score (nSPS) is 41.6. The highest BCUT2D eigenvalue weighted by molar-refractivity contribution is 5.85. The summed E-state index contributed by atoms with van der Waals surface area (Å²) in [5.41, 5.74) is 0. The van der Waals surface area contributed by atoms with Gasteiger partial charge in [-0.2, -0.15) is 0 Å². The second-order valence-corrected chi connectivity index (χ2v) is 5.88. The van der Waals surface area contributed by atoms with Crippen molar-refractivity contribution in [3.63, 3.8) is 0 Å². The molecule has 0 radical (unpaired) electrons. The van der Waals surface area contributed by atoms with Gasteiger partial charge in [0.15, 0.2) is 0 Å². The average Bonchev–Trinajstić information content (AvgIpc) is 2.28. The van der Waals surface area contributed by atoms with E-state index in [1.54, 1.807) is 6.92 Å². The molecule has 2 rings (SSSR count). The van der Waals surface area contributed by atoms with Crippen LogP contribution in [0.5, 0.6) is 0 Å². The number of carbonyl (C=O) groups is 2. The van der Waals surface area contributed by atoms with E-state index in [1.807, 2.05) is 0 Å². The van der Waals surface area contributed by atoms with Crippen LogP contribution in [0.2, 0.25) is 0 Å². The number of hydrogen-bond acceptors (Lipinski definition) is 2. The summed E-state index contributed by atoms with van der Waals surface area (Å²) in [7, 11) is 0. The molecule has 0 saturated heterocycles. The van der Waals surface area contributed by atoms with E-state index in [2.05, 4.69) is 6.92 Å². The fourth-order valence-electron chi connectivity index (χ4n) is 4.23. The second kappa shape index (κ2) is 4.79. The molecule has 0 heterocycles. The quantitative estimate of drug-likeness (QED) is 0.804. The number of fused-ring (bicyclic) bond motifs is 1. The average molecular weight is 238 g/mol. The molecule has 3 heteroatoms. The third-order valence-corrected chi connectivity index (χ3v) is 4.99. The topological polar surface area (TPSA) is 54.4 Å². The molecule has 5 atom stereocenters. The van der Waals surface area contributed by atoms with E-state index >= 15 is 0 Å². The van der Waals surface area contributed by atoms with Gasteiger partial charge in [0.25, 0.3) is 0 Å². The second-order valence-electron chi connectivity index (χ2n) is 5.88. The fourth-order valence-corrected chi connectivity index (χ4v) is 4.23. The van der Waals surface area contributed by atoms with Crippen LogP contribution < -0.4 is 0 Å². The van der Waals surface area contributed by atoms with Crippen molar-refractivity contribution in [3.05, 3.63) is 0 Å². The maximum absolute atomic E-state index is 11.7. The molecule has 2 saturated carbocycles. The summed E-state index contributed by atoms with van der Waals surface area (Å²) in [6.45, 7) is 3.64. The molecule has 0 aliphatic heterocycles. The summed E-state index contributed by atoms with van der Waals surface area (Å²) < 4.78 is 0. The number of Topliss-reactive ketones (excluding diaryl/α,β-unsaturated/α-hetero) is 1. The van der Waals surface area contributed by atoms with E-state index in [9.17, 15) is 14.7 Å². The van der Waals surface area contributed by atoms with Gasteiger partial charge in [-0.15, -0.1) is 0 Å². The van der Waals surface area contributed by atoms with Gasteiger partial charge in [0, 0.05) is 5.92 Å². The van der Waals surface area contributed by atoms with Crippen LogP contribution in [-0.4, -0.2) is 16.9 Å². The van der Waals surface area contributed by atoms with E-state index < -0.39 is 11.9 Å². The summed E-state index contributed by atoms with van der Waals surface area (Å²) >= 11 is 0. The number of aliphatic carboxylic acids is 1. The molecule has 3 nitrogen and oxygen atoms in total. The standard InChI is InChI=1S/C14H22O3/c1-8-11-6-4-3-5-10(11)7-12(14(16)17)13(8)9(2)15/h8,10-13H,3-7H2,1-2H3,(H,16,17). The van der Waals surface area contributed by atoms with Crippen molar-refractivity contribution in [3.8, 4) is 0 Å². The highest BCUT2D eigenvalue weighted by atomic mass is 16.4. The van der Waals surface area contributed by atoms with Gasteiger partial charge in [0.1, 0.15) is 5.78 Å². The number of hydrogen-bond donors (Lipinski definition) is 1. The lowest BCUT2D eigenvalue weighted by Gasteiger charge is -2.46. The van der Waals surface area contributed by atoms with Gasteiger partial charge in [-0.25, -0.2) is 0 Å². The van der Waals surface area contributed by atoms with Crippen molar-refractivity contribution in [2.75, 3.05) is 0 Å². The zero-order valence-corrected chi connectivity index (χ0v) is 10.7. The van der Waals surface area contributed by atoms with Crippen LogP contribution in [0.25, 0.3) is 0 Å². The Balaban J connectivity index is 2.24. The molecule has 0 aromatic heterocycles. The highest BCUT2D eigenvalue weighted by Crippen LogP contribution is 2.48. The summed E-state index contributed by atoms with van der Waals surface area (Å²) in [5, 5.41) is 9.31. The Morgan fingerprint density at radius 2 is 1.82 bits per heavy atom. The van der Waals surface area contributed by atoms with Crippen LogP contribution in [0.3, 0.4) is 0 Å². The summed E-state index contributed by atoms with van der Waals surface area (Å²) in [6.07, 6.45) is 5.53. The van der Waals surface area contributed by atoms with E-state index in [0.717, 1.165) is 6.42 Å². The summed E-state index contributed by atoms with van der Waals surface area (Å²) in [6, 6.07) is 0. The zero-order valence-electron chi connectivity index (χ0n) is 10.7. The van der Waals surface area contributed by atoms with Gasteiger partial charge in [0.2, 0.25) is 0 Å². The van der Waals surface area contributed by atoms with Crippen LogP contribution in [0.4, 0.5) is 0 Å². The minimum absolute atomic E-state index is 0.0638. The Kier molecular flexibility index (Phi) is 3.55. The Morgan fingerprint density at radius 1 is 1.18 bits per heavy atom. The fraction of sp³-hybridized carbons (Fsp3) is 0.857. The smallest absolute Gasteiger partial charge is 0.307 e. The number of carboxylic acid groups (broad SMARTS) is 1. The first kappa shape index (κ1) is 12.6. The number of carbonyl (C=O) groups excluding carboxylic acids is 1.